The van der Waals surface area contributed by atoms with Gasteiger partial charge in [0.05, 0.1) is 0 Å². The van der Waals surface area contributed by atoms with Crippen LogP contribution < -0.4 is 0 Å². The van der Waals surface area contributed by atoms with Crippen molar-refractivity contribution in [3.05, 3.63) is 0 Å². The summed E-state index contributed by atoms with van der Waals surface area (Å²) in [4.78, 5) is 0. The van der Waals surface area contributed by atoms with Crippen LogP contribution in [0.3, 0.4) is 0 Å². The van der Waals surface area contributed by atoms with Gasteiger partial charge in [0.15, 0.2) is 0 Å². The first-order valence-corrected chi connectivity index (χ1v) is 5.74. The standard InChI is InChI=1S/C5H9N2OP/c1-9(2,3-6,4-7)5-8/h8H,5H2,1-2H3. The Hall–Kier alpha value is -0.630. The van der Waals surface area contributed by atoms with Gasteiger partial charge in [-0.2, -0.15) is 0 Å². The van der Waals surface area contributed by atoms with Gasteiger partial charge in [0.2, 0.25) is 0 Å². The molecule has 0 aromatic carbocycles. The van der Waals surface area contributed by atoms with Crippen molar-refractivity contribution >= 4 is 6.60 Å². The third-order valence-electron chi connectivity index (χ3n) is 1.07. The molecule has 0 unspecified atom stereocenters. The molecule has 0 amide bonds. The van der Waals surface area contributed by atoms with Crippen molar-refractivity contribution in [1.29, 1.82) is 10.5 Å². The average Bonchev–Trinajstić information content (AvgIpc) is 1.90. The summed E-state index contributed by atoms with van der Waals surface area (Å²) in [5.74, 6) is 3.75. The second-order valence-corrected chi connectivity index (χ2v) is 8.23. The topological polar surface area (TPSA) is 67.8 Å². The van der Waals surface area contributed by atoms with Crippen LogP contribution >= 0.6 is 6.60 Å². The summed E-state index contributed by atoms with van der Waals surface area (Å²) in [7, 11) is 0. The van der Waals surface area contributed by atoms with Gasteiger partial charge >= 0.3 is 53.5 Å². The van der Waals surface area contributed by atoms with Crippen LogP contribution in [0.4, 0.5) is 0 Å². The molecule has 50 valence electrons. The van der Waals surface area contributed by atoms with E-state index in [1.807, 2.05) is 11.6 Å². The fourth-order valence-electron chi connectivity index (χ4n) is 0.0856. The van der Waals surface area contributed by atoms with Crippen molar-refractivity contribution < 1.29 is 5.11 Å². The summed E-state index contributed by atoms with van der Waals surface area (Å²) in [6.45, 7) is 0.106. The maximum atomic E-state index is 8.66. The first-order chi connectivity index (χ1) is 3.96. The Kier molecular flexibility index (Phi) is 1.82. The van der Waals surface area contributed by atoms with Crippen molar-refractivity contribution in [1.82, 2.24) is 0 Å². The van der Waals surface area contributed by atoms with E-state index in [0.29, 0.717) is 0 Å². The molecular weight excluding hydrogens is 135 g/mol. The molecule has 0 saturated heterocycles. The fraction of sp³-hybridized carbons (Fsp3) is 0.600. The Bertz CT molecular complexity index is 180. The van der Waals surface area contributed by atoms with Crippen molar-refractivity contribution in [3.8, 4) is 11.6 Å². The molecule has 1 N–H and O–H groups in total. The quantitative estimate of drug-likeness (QED) is 0.551. The zero-order valence-electron chi connectivity index (χ0n) is 5.50. The molecule has 0 atom stereocenters. The monoisotopic (exact) mass is 144 g/mol. The number of hydrogen-bond acceptors (Lipinski definition) is 3. The number of hydrogen-bond donors (Lipinski definition) is 1. The zero-order valence-corrected chi connectivity index (χ0v) is 6.39. The van der Waals surface area contributed by atoms with E-state index in [-0.39, 0.29) is 6.35 Å². The minimum atomic E-state index is -2.96. The Morgan fingerprint density at radius 3 is 1.67 bits per heavy atom. The van der Waals surface area contributed by atoms with Gasteiger partial charge in [-0.05, 0) is 0 Å². The average molecular weight is 144 g/mol. The van der Waals surface area contributed by atoms with Crippen LogP contribution in [0.15, 0.2) is 0 Å². The molecule has 0 radical (unpaired) electrons. The first kappa shape index (κ1) is 8.37. The molecule has 0 rings (SSSR count). The molecule has 0 aromatic heterocycles. The van der Waals surface area contributed by atoms with Gasteiger partial charge in [0, 0.05) is 0 Å². The molecule has 0 saturated carbocycles. The predicted molar refractivity (Wildman–Crippen MR) is 37.1 cm³/mol. The molecule has 0 aliphatic rings. The third kappa shape index (κ3) is 1.64. The summed E-state index contributed by atoms with van der Waals surface area (Å²) in [6, 6.07) is 0. The molecule has 0 heterocycles. The molecular formula is C5H9N2OP. The van der Waals surface area contributed by atoms with E-state index in [2.05, 4.69) is 0 Å². The first-order valence-electron chi connectivity index (χ1n) is 2.42. The number of rotatable bonds is 1. The van der Waals surface area contributed by atoms with E-state index in [1.54, 1.807) is 0 Å². The van der Waals surface area contributed by atoms with Gasteiger partial charge in [0.1, 0.15) is 0 Å². The normalized spacial score (nSPS) is 14.6. The van der Waals surface area contributed by atoms with Gasteiger partial charge in [-0.1, -0.05) is 0 Å². The van der Waals surface area contributed by atoms with Crippen molar-refractivity contribution in [2.45, 2.75) is 0 Å². The van der Waals surface area contributed by atoms with Crippen LogP contribution in [-0.2, 0) is 0 Å². The van der Waals surface area contributed by atoms with Crippen LogP contribution in [0.1, 0.15) is 0 Å². The molecule has 9 heavy (non-hydrogen) atoms. The third-order valence-corrected chi connectivity index (χ3v) is 3.20. The molecule has 4 heteroatoms. The SMILES string of the molecule is CP(C)(C#N)(C#N)CO. The Balaban J connectivity index is 4.74. The van der Waals surface area contributed by atoms with Crippen LogP contribution in [0.5, 0.6) is 0 Å². The summed E-state index contributed by atoms with van der Waals surface area (Å²) in [5, 5.41) is 25.6. The summed E-state index contributed by atoms with van der Waals surface area (Å²) in [6.07, 6.45) is -0.307. The molecule has 0 aliphatic heterocycles. The molecule has 0 aliphatic carbocycles. The molecule has 0 spiro atoms. The fourth-order valence-corrected chi connectivity index (χ4v) is 0.257. The number of nitriles is 2. The Labute approximate surface area is 54.4 Å². The summed E-state index contributed by atoms with van der Waals surface area (Å²) in [5.41, 5.74) is 0. The molecule has 0 bridgehead atoms. The van der Waals surface area contributed by atoms with Crippen molar-refractivity contribution in [2.75, 3.05) is 19.7 Å². The van der Waals surface area contributed by atoms with E-state index in [9.17, 15) is 0 Å². The number of nitrogens with zero attached hydrogens (tertiary/aromatic N) is 2. The van der Waals surface area contributed by atoms with E-state index < -0.39 is 6.60 Å². The number of aliphatic hydroxyl groups is 1. The van der Waals surface area contributed by atoms with E-state index in [4.69, 9.17) is 15.6 Å². The van der Waals surface area contributed by atoms with E-state index in [0.717, 1.165) is 0 Å². The van der Waals surface area contributed by atoms with Crippen molar-refractivity contribution in [3.63, 3.8) is 0 Å². The Morgan fingerprint density at radius 2 is 1.67 bits per heavy atom. The van der Waals surface area contributed by atoms with E-state index in [1.165, 1.54) is 13.3 Å². The Morgan fingerprint density at radius 1 is 1.33 bits per heavy atom. The second-order valence-electron chi connectivity index (χ2n) is 2.74. The second kappa shape index (κ2) is 1.95. The zero-order chi connectivity index (χ0) is 7.57. The molecule has 0 aromatic rings. The molecule has 0 fully saturated rings. The van der Waals surface area contributed by atoms with Crippen molar-refractivity contribution in [2.24, 2.45) is 0 Å². The van der Waals surface area contributed by atoms with E-state index >= 15 is 0 Å². The van der Waals surface area contributed by atoms with Gasteiger partial charge in [-0.25, -0.2) is 0 Å². The van der Waals surface area contributed by atoms with Crippen LogP contribution in [0.25, 0.3) is 0 Å². The minimum absolute atomic E-state index is 0.307. The van der Waals surface area contributed by atoms with Crippen LogP contribution in [0.2, 0.25) is 0 Å². The van der Waals surface area contributed by atoms with Crippen LogP contribution in [0, 0.1) is 22.1 Å². The summed E-state index contributed by atoms with van der Waals surface area (Å²) < 4.78 is 0. The van der Waals surface area contributed by atoms with Gasteiger partial charge in [0.25, 0.3) is 0 Å². The van der Waals surface area contributed by atoms with Crippen LogP contribution in [-0.4, -0.2) is 24.8 Å². The molecule has 3 nitrogen and oxygen atoms in total. The predicted octanol–water partition coefficient (Wildman–Crippen LogP) is 0.711. The number of aliphatic hydroxyl groups excluding tert-OH is 1. The van der Waals surface area contributed by atoms with Gasteiger partial charge < -0.3 is 0 Å². The summed E-state index contributed by atoms with van der Waals surface area (Å²) >= 11 is 0. The maximum absolute atomic E-state index is 8.66. The van der Waals surface area contributed by atoms with Gasteiger partial charge in [-0.15, -0.1) is 0 Å². The van der Waals surface area contributed by atoms with Gasteiger partial charge in [-0.3, -0.25) is 0 Å².